The molecule has 0 atom stereocenters. The van der Waals surface area contributed by atoms with Crippen LogP contribution in [0.2, 0.25) is 5.02 Å². The summed E-state index contributed by atoms with van der Waals surface area (Å²) in [7, 11) is 0. The molecule has 1 N–H and O–H groups in total. The summed E-state index contributed by atoms with van der Waals surface area (Å²) in [5, 5.41) is 3.31. The van der Waals surface area contributed by atoms with Crippen LogP contribution in [0.15, 0.2) is 48.5 Å². The van der Waals surface area contributed by atoms with Crippen molar-refractivity contribution in [1.29, 1.82) is 0 Å². The van der Waals surface area contributed by atoms with Crippen molar-refractivity contribution in [2.75, 3.05) is 11.9 Å². The Balaban J connectivity index is 1.92. The molecule has 2 amide bonds. The molecule has 106 valence electrons. The van der Waals surface area contributed by atoms with Gasteiger partial charge in [-0.15, -0.1) is 0 Å². The molecule has 0 aromatic heterocycles. The van der Waals surface area contributed by atoms with E-state index in [0.717, 1.165) is 11.3 Å². The fraction of sp³-hybridized carbons (Fsp3) is 0.125. The summed E-state index contributed by atoms with van der Waals surface area (Å²) in [6, 6.07) is 14.2. The minimum atomic E-state index is -0.204. The number of hydrogen-bond acceptors (Lipinski definition) is 2. The van der Waals surface area contributed by atoms with Gasteiger partial charge in [0.25, 0.3) is 5.91 Å². The summed E-state index contributed by atoms with van der Waals surface area (Å²) < 4.78 is 0. The van der Waals surface area contributed by atoms with Gasteiger partial charge in [-0.25, -0.2) is 0 Å². The monoisotopic (exact) mass is 300 g/mol. The molecule has 1 aliphatic heterocycles. The third-order valence-electron chi connectivity index (χ3n) is 3.35. The van der Waals surface area contributed by atoms with E-state index in [2.05, 4.69) is 5.32 Å². The summed E-state index contributed by atoms with van der Waals surface area (Å²) >= 11 is 5.92. The second kappa shape index (κ2) is 5.58. The minimum Gasteiger partial charge on any atom is -0.325 e. The molecule has 0 saturated carbocycles. The van der Waals surface area contributed by atoms with Gasteiger partial charge in [0.1, 0.15) is 6.54 Å². The van der Waals surface area contributed by atoms with E-state index in [-0.39, 0.29) is 18.4 Å². The lowest BCUT2D eigenvalue weighted by molar-refractivity contribution is -0.116. The lowest BCUT2D eigenvalue weighted by Crippen LogP contribution is -2.35. The maximum atomic E-state index is 12.5. The zero-order valence-electron chi connectivity index (χ0n) is 11.2. The van der Waals surface area contributed by atoms with Crippen LogP contribution in [0.1, 0.15) is 15.9 Å². The fourth-order valence-corrected chi connectivity index (χ4v) is 2.54. The van der Waals surface area contributed by atoms with Crippen molar-refractivity contribution in [1.82, 2.24) is 4.90 Å². The highest BCUT2D eigenvalue weighted by molar-refractivity contribution is 6.31. The Labute approximate surface area is 127 Å². The normalized spacial score (nSPS) is 14.1. The highest BCUT2D eigenvalue weighted by Gasteiger charge is 2.23. The van der Waals surface area contributed by atoms with E-state index >= 15 is 0 Å². The summed E-state index contributed by atoms with van der Waals surface area (Å²) in [4.78, 5) is 26.0. The molecule has 1 heterocycles. The molecular formula is C16H13ClN2O2. The lowest BCUT2D eigenvalue weighted by Gasteiger charge is -2.19. The number of para-hydroxylation sites is 1. The highest BCUT2D eigenvalue weighted by Crippen LogP contribution is 2.22. The number of rotatable bonds is 1. The molecule has 0 fully saturated rings. The topological polar surface area (TPSA) is 49.4 Å². The maximum Gasteiger partial charge on any atom is 0.254 e. The predicted octanol–water partition coefficient (Wildman–Crippen LogP) is 2.93. The molecule has 4 nitrogen and oxygen atoms in total. The molecule has 5 heteroatoms. The van der Waals surface area contributed by atoms with Crippen molar-refractivity contribution in [3.63, 3.8) is 0 Å². The second-order valence-corrected chi connectivity index (χ2v) is 5.31. The van der Waals surface area contributed by atoms with Gasteiger partial charge in [0.15, 0.2) is 0 Å². The first-order valence-corrected chi connectivity index (χ1v) is 6.94. The number of amides is 2. The maximum absolute atomic E-state index is 12.5. The molecule has 21 heavy (non-hydrogen) atoms. The van der Waals surface area contributed by atoms with Crippen LogP contribution in [0.25, 0.3) is 0 Å². The van der Waals surface area contributed by atoms with E-state index in [1.165, 1.54) is 4.90 Å². The van der Waals surface area contributed by atoms with Crippen LogP contribution in [0.4, 0.5) is 5.69 Å². The van der Waals surface area contributed by atoms with Crippen molar-refractivity contribution in [3.8, 4) is 0 Å². The van der Waals surface area contributed by atoms with Gasteiger partial charge in [0.05, 0.1) is 0 Å². The Kier molecular flexibility index (Phi) is 3.62. The van der Waals surface area contributed by atoms with Crippen LogP contribution in [-0.2, 0) is 11.3 Å². The van der Waals surface area contributed by atoms with Gasteiger partial charge < -0.3 is 10.2 Å². The summed E-state index contributed by atoms with van der Waals surface area (Å²) in [6.45, 7) is 0.417. The van der Waals surface area contributed by atoms with Gasteiger partial charge in [-0.1, -0.05) is 35.9 Å². The van der Waals surface area contributed by atoms with E-state index in [0.29, 0.717) is 17.1 Å². The van der Waals surface area contributed by atoms with Crippen LogP contribution in [0, 0.1) is 0 Å². The highest BCUT2D eigenvalue weighted by atomic mass is 35.5. The van der Waals surface area contributed by atoms with Crippen molar-refractivity contribution in [2.45, 2.75) is 6.54 Å². The zero-order chi connectivity index (χ0) is 14.8. The summed E-state index contributed by atoms with van der Waals surface area (Å²) in [5.74, 6) is -0.403. The molecule has 2 aromatic rings. The first-order valence-electron chi connectivity index (χ1n) is 6.56. The second-order valence-electron chi connectivity index (χ2n) is 4.88. The van der Waals surface area contributed by atoms with Gasteiger partial charge >= 0.3 is 0 Å². The number of fused-ring (bicyclic) bond motifs is 1. The third kappa shape index (κ3) is 2.90. The van der Waals surface area contributed by atoms with Crippen LogP contribution in [-0.4, -0.2) is 23.3 Å². The van der Waals surface area contributed by atoms with E-state index in [1.54, 1.807) is 24.3 Å². The zero-order valence-corrected chi connectivity index (χ0v) is 11.9. The van der Waals surface area contributed by atoms with E-state index in [1.807, 2.05) is 24.3 Å². The molecule has 1 aliphatic rings. The number of benzene rings is 2. The number of hydrogen-bond donors (Lipinski definition) is 1. The Bertz CT molecular complexity index is 715. The predicted molar refractivity (Wildman–Crippen MR) is 81.3 cm³/mol. The molecule has 0 unspecified atom stereocenters. The number of nitrogens with zero attached hydrogens (tertiary/aromatic N) is 1. The largest absolute Gasteiger partial charge is 0.325 e. The van der Waals surface area contributed by atoms with Gasteiger partial charge in [0.2, 0.25) is 5.91 Å². The van der Waals surface area contributed by atoms with Crippen molar-refractivity contribution < 1.29 is 9.59 Å². The number of nitrogens with one attached hydrogen (secondary N) is 1. The molecule has 0 spiro atoms. The average Bonchev–Trinajstić information content (AvgIpc) is 2.64. The SMILES string of the molecule is O=C1CN(C(=O)c2cccc(Cl)c2)Cc2ccccc2N1. The van der Waals surface area contributed by atoms with Crippen LogP contribution in [0.3, 0.4) is 0 Å². The summed E-state index contributed by atoms with van der Waals surface area (Å²) in [6.07, 6.45) is 0. The molecule has 0 aliphatic carbocycles. The van der Waals surface area contributed by atoms with Crippen LogP contribution in [0.5, 0.6) is 0 Å². The molecule has 0 radical (unpaired) electrons. The van der Waals surface area contributed by atoms with E-state index in [4.69, 9.17) is 11.6 Å². The Morgan fingerprint density at radius 1 is 1.10 bits per heavy atom. The standard InChI is InChI=1S/C16H13ClN2O2/c17-13-6-3-5-11(8-13)16(21)19-9-12-4-1-2-7-14(12)18-15(20)10-19/h1-8H,9-10H2,(H,18,20). The first-order chi connectivity index (χ1) is 10.1. The van der Waals surface area contributed by atoms with Gasteiger partial charge in [-0.05, 0) is 29.8 Å². The number of halogens is 1. The van der Waals surface area contributed by atoms with Crippen LogP contribution >= 0.6 is 11.6 Å². The molecular weight excluding hydrogens is 288 g/mol. The number of carbonyl (C=O) groups is 2. The lowest BCUT2D eigenvalue weighted by atomic mass is 10.1. The minimum absolute atomic E-state index is 0.0278. The molecule has 3 rings (SSSR count). The van der Waals surface area contributed by atoms with Gasteiger partial charge in [0, 0.05) is 22.8 Å². The smallest absolute Gasteiger partial charge is 0.254 e. The van der Waals surface area contributed by atoms with Gasteiger partial charge in [-0.3, -0.25) is 9.59 Å². The van der Waals surface area contributed by atoms with Crippen molar-refractivity contribution in [2.24, 2.45) is 0 Å². The van der Waals surface area contributed by atoms with Crippen molar-refractivity contribution in [3.05, 3.63) is 64.7 Å². The van der Waals surface area contributed by atoms with Crippen molar-refractivity contribution >= 4 is 29.1 Å². The molecule has 0 bridgehead atoms. The first kappa shape index (κ1) is 13.6. The number of anilines is 1. The Morgan fingerprint density at radius 3 is 2.71 bits per heavy atom. The number of carbonyl (C=O) groups excluding carboxylic acids is 2. The average molecular weight is 301 g/mol. The quantitative estimate of drug-likeness (QED) is 0.880. The van der Waals surface area contributed by atoms with Crippen LogP contribution < -0.4 is 5.32 Å². The van der Waals surface area contributed by atoms with E-state index < -0.39 is 0 Å². The third-order valence-corrected chi connectivity index (χ3v) is 3.58. The van der Waals surface area contributed by atoms with E-state index in [9.17, 15) is 9.59 Å². The molecule has 2 aromatic carbocycles. The van der Waals surface area contributed by atoms with Gasteiger partial charge in [-0.2, -0.15) is 0 Å². The summed E-state index contributed by atoms with van der Waals surface area (Å²) in [5.41, 5.74) is 2.15. The Hall–Kier alpha value is -2.33. The molecule has 0 saturated heterocycles. The fourth-order valence-electron chi connectivity index (χ4n) is 2.35. The Morgan fingerprint density at radius 2 is 1.90 bits per heavy atom.